The number of likely N-dealkylation sites (N-methyl/N-ethyl adjacent to an activating group) is 1. The van der Waals surface area contributed by atoms with E-state index >= 15 is 0 Å². The van der Waals surface area contributed by atoms with Gasteiger partial charge in [-0.25, -0.2) is 4.39 Å². The highest BCUT2D eigenvalue weighted by Crippen LogP contribution is 2.19. The van der Waals surface area contributed by atoms with E-state index < -0.39 is 11.9 Å². The first-order valence-electron chi connectivity index (χ1n) is 8.49. The molecular weight excluding hydrogens is 359 g/mol. The molecule has 142 valence electrons. The molecule has 2 rings (SSSR count). The molecule has 26 heavy (non-hydrogen) atoms. The molecule has 1 atom stereocenters. The lowest BCUT2D eigenvalue weighted by Crippen LogP contribution is -2.46. The first kappa shape index (κ1) is 20.2. The zero-order chi connectivity index (χ0) is 19.1. The number of hydrogen-bond donors (Lipinski definition) is 1. The summed E-state index contributed by atoms with van der Waals surface area (Å²) in [5.74, 6) is -1.55. The monoisotopic (exact) mass is 382 g/mol. The van der Waals surface area contributed by atoms with Crippen LogP contribution in [0.1, 0.15) is 19.3 Å². The second kappa shape index (κ2) is 9.56. The largest absolute Gasteiger partial charge is 0.481 e. The quantitative estimate of drug-likeness (QED) is 0.731. The number of aliphatic carboxylic acids is 1. The van der Waals surface area contributed by atoms with Crippen LogP contribution in [0.5, 0.6) is 0 Å². The smallest absolute Gasteiger partial charge is 0.308 e. The molecule has 0 aromatic heterocycles. The van der Waals surface area contributed by atoms with Crippen molar-refractivity contribution < 1.29 is 23.9 Å². The molecule has 1 saturated heterocycles. The number of hydrogen-bond acceptors (Lipinski definition) is 4. The third-order valence-corrected chi connectivity index (χ3v) is 5.33. The number of piperidine rings is 1. The van der Waals surface area contributed by atoms with Crippen LogP contribution in [0.15, 0.2) is 29.2 Å². The third kappa shape index (κ3) is 6.01. The van der Waals surface area contributed by atoms with Gasteiger partial charge in [-0.3, -0.25) is 14.4 Å². The van der Waals surface area contributed by atoms with Crippen LogP contribution in [0.4, 0.5) is 4.39 Å². The predicted molar refractivity (Wildman–Crippen MR) is 96.3 cm³/mol. The van der Waals surface area contributed by atoms with Gasteiger partial charge in [0.25, 0.3) is 0 Å². The second-order valence-corrected chi connectivity index (χ2v) is 7.49. The van der Waals surface area contributed by atoms with Gasteiger partial charge in [-0.15, -0.1) is 11.8 Å². The summed E-state index contributed by atoms with van der Waals surface area (Å²) >= 11 is 1.45. The number of thioether (sulfide) groups is 1. The SMILES string of the molecule is CN(CC(=O)N1CCCC(C(=O)O)C1)C(=O)CCSc1ccc(F)cc1. The highest BCUT2D eigenvalue weighted by molar-refractivity contribution is 7.99. The van der Waals surface area contributed by atoms with Gasteiger partial charge in [0.05, 0.1) is 12.5 Å². The maximum Gasteiger partial charge on any atom is 0.308 e. The molecule has 1 fully saturated rings. The molecule has 8 heteroatoms. The Kier molecular flexibility index (Phi) is 7.44. The fourth-order valence-electron chi connectivity index (χ4n) is 2.77. The standard InChI is InChI=1S/C18H23FN2O4S/c1-20(12-17(23)21-9-2-3-13(11-21)18(24)25)16(22)8-10-26-15-6-4-14(19)5-7-15/h4-7,13H,2-3,8-12H2,1H3,(H,24,25). The van der Waals surface area contributed by atoms with Crippen molar-refractivity contribution >= 4 is 29.5 Å². The Balaban J connectivity index is 1.74. The Morgan fingerprint density at radius 2 is 2.00 bits per heavy atom. The van der Waals surface area contributed by atoms with E-state index in [1.54, 1.807) is 19.2 Å². The average molecular weight is 382 g/mol. The van der Waals surface area contributed by atoms with E-state index in [-0.39, 0.29) is 37.1 Å². The Hall–Kier alpha value is -2.09. The molecule has 1 aliphatic rings. The summed E-state index contributed by atoms with van der Waals surface area (Å²) in [6.07, 6.45) is 1.51. The van der Waals surface area contributed by atoms with Crippen LogP contribution in [0, 0.1) is 11.7 Å². The fourth-order valence-corrected chi connectivity index (χ4v) is 3.62. The molecule has 0 saturated carbocycles. The minimum Gasteiger partial charge on any atom is -0.481 e. The van der Waals surface area contributed by atoms with Crippen LogP contribution in [-0.2, 0) is 14.4 Å². The Morgan fingerprint density at radius 1 is 1.31 bits per heavy atom. The first-order chi connectivity index (χ1) is 12.4. The van der Waals surface area contributed by atoms with Gasteiger partial charge in [0.1, 0.15) is 5.82 Å². The molecule has 1 unspecified atom stereocenters. The van der Waals surface area contributed by atoms with Crippen LogP contribution in [-0.4, -0.2) is 65.1 Å². The zero-order valence-corrected chi connectivity index (χ0v) is 15.5. The van der Waals surface area contributed by atoms with E-state index in [9.17, 15) is 18.8 Å². The maximum atomic E-state index is 12.8. The topological polar surface area (TPSA) is 77.9 Å². The summed E-state index contributed by atoms with van der Waals surface area (Å²) in [4.78, 5) is 39.3. The van der Waals surface area contributed by atoms with Crippen molar-refractivity contribution in [3.05, 3.63) is 30.1 Å². The summed E-state index contributed by atoms with van der Waals surface area (Å²) in [6, 6.07) is 6.07. The van der Waals surface area contributed by atoms with Gasteiger partial charge >= 0.3 is 5.97 Å². The van der Waals surface area contributed by atoms with Crippen molar-refractivity contribution in [3.8, 4) is 0 Å². The van der Waals surface area contributed by atoms with Gasteiger partial charge in [0.2, 0.25) is 11.8 Å². The van der Waals surface area contributed by atoms with Crippen LogP contribution in [0.3, 0.4) is 0 Å². The normalized spacial score (nSPS) is 17.0. The molecule has 0 aliphatic carbocycles. The lowest BCUT2D eigenvalue weighted by atomic mass is 9.98. The van der Waals surface area contributed by atoms with E-state index in [0.717, 1.165) is 4.90 Å². The van der Waals surface area contributed by atoms with Crippen LogP contribution in [0.2, 0.25) is 0 Å². The number of amides is 2. The van der Waals surface area contributed by atoms with Crippen LogP contribution in [0.25, 0.3) is 0 Å². The molecule has 1 aliphatic heterocycles. The number of carboxylic acids is 1. The number of rotatable bonds is 7. The molecule has 1 aromatic rings. The summed E-state index contributed by atoms with van der Waals surface area (Å²) < 4.78 is 12.8. The van der Waals surface area contributed by atoms with Crippen LogP contribution < -0.4 is 0 Å². The summed E-state index contributed by atoms with van der Waals surface area (Å²) in [5, 5.41) is 9.09. The number of likely N-dealkylation sites (tertiary alicyclic amines) is 1. The fraction of sp³-hybridized carbons (Fsp3) is 0.500. The number of carboxylic acid groups (broad SMARTS) is 1. The van der Waals surface area contributed by atoms with Gasteiger partial charge in [0.15, 0.2) is 0 Å². The molecular formula is C18H23FN2O4S. The minimum absolute atomic E-state index is 0.0492. The number of halogens is 1. The third-order valence-electron chi connectivity index (χ3n) is 4.32. The van der Waals surface area contributed by atoms with E-state index in [0.29, 0.717) is 25.1 Å². The van der Waals surface area contributed by atoms with Crippen molar-refractivity contribution in [2.24, 2.45) is 5.92 Å². The molecule has 6 nitrogen and oxygen atoms in total. The molecule has 1 heterocycles. The van der Waals surface area contributed by atoms with Gasteiger partial charge in [0, 0.05) is 37.2 Å². The molecule has 0 spiro atoms. The van der Waals surface area contributed by atoms with E-state index in [1.165, 1.54) is 33.7 Å². The molecule has 0 bridgehead atoms. The Labute approximate surface area is 156 Å². The number of benzene rings is 1. The summed E-state index contributed by atoms with van der Waals surface area (Å²) in [7, 11) is 1.57. The van der Waals surface area contributed by atoms with E-state index in [2.05, 4.69) is 0 Å². The Bertz CT molecular complexity index is 653. The maximum absolute atomic E-state index is 12.8. The van der Waals surface area contributed by atoms with Crippen LogP contribution >= 0.6 is 11.8 Å². The first-order valence-corrected chi connectivity index (χ1v) is 9.48. The Morgan fingerprint density at radius 3 is 2.65 bits per heavy atom. The van der Waals surface area contributed by atoms with Crippen molar-refractivity contribution in [2.45, 2.75) is 24.2 Å². The summed E-state index contributed by atoms with van der Waals surface area (Å²) in [5.41, 5.74) is 0. The number of carbonyl (C=O) groups excluding carboxylic acids is 2. The average Bonchev–Trinajstić information content (AvgIpc) is 2.63. The van der Waals surface area contributed by atoms with Crippen molar-refractivity contribution in [1.82, 2.24) is 9.80 Å². The lowest BCUT2D eigenvalue weighted by molar-refractivity contribution is -0.147. The molecule has 0 radical (unpaired) electrons. The molecule has 1 aromatic carbocycles. The van der Waals surface area contributed by atoms with Gasteiger partial charge in [-0.2, -0.15) is 0 Å². The molecule has 2 amide bonds. The second-order valence-electron chi connectivity index (χ2n) is 6.32. The van der Waals surface area contributed by atoms with Crippen molar-refractivity contribution in [2.75, 3.05) is 32.4 Å². The van der Waals surface area contributed by atoms with E-state index in [1.807, 2.05) is 0 Å². The zero-order valence-electron chi connectivity index (χ0n) is 14.7. The summed E-state index contributed by atoms with van der Waals surface area (Å²) in [6.45, 7) is 0.689. The highest BCUT2D eigenvalue weighted by atomic mass is 32.2. The number of nitrogens with zero attached hydrogens (tertiary/aromatic N) is 2. The highest BCUT2D eigenvalue weighted by Gasteiger charge is 2.28. The van der Waals surface area contributed by atoms with Gasteiger partial charge < -0.3 is 14.9 Å². The lowest BCUT2D eigenvalue weighted by Gasteiger charge is -2.32. The predicted octanol–water partition coefficient (Wildman–Crippen LogP) is 2.09. The number of carbonyl (C=O) groups is 3. The molecule has 1 N–H and O–H groups in total. The van der Waals surface area contributed by atoms with Gasteiger partial charge in [-0.1, -0.05) is 0 Å². The van der Waals surface area contributed by atoms with Crippen molar-refractivity contribution in [3.63, 3.8) is 0 Å². The van der Waals surface area contributed by atoms with E-state index in [4.69, 9.17) is 5.11 Å². The van der Waals surface area contributed by atoms with Crippen molar-refractivity contribution in [1.29, 1.82) is 0 Å². The van der Waals surface area contributed by atoms with Gasteiger partial charge in [-0.05, 0) is 37.1 Å². The minimum atomic E-state index is -0.884.